The monoisotopic (exact) mass is 252 g/mol. The molecule has 0 aromatic heterocycles. The van der Waals surface area contributed by atoms with Gasteiger partial charge in [0, 0.05) is 23.7 Å². The number of nitrogens with one attached hydrogen (secondary N) is 1. The van der Waals surface area contributed by atoms with Gasteiger partial charge in [0.1, 0.15) is 0 Å². The number of hydrogen-bond donors (Lipinski definition) is 2. The Morgan fingerprint density at radius 1 is 1.56 bits per heavy atom. The molecule has 0 spiro atoms. The Morgan fingerprint density at radius 2 is 2.22 bits per heavy atom. The number of rotatable bonds is 5. The molecular weight excluding hydrogens is 236 g/mol. The Labute approximate surface area is 105 Å². The molecule has 0 radical (unpaired) electrons. The van der Waals surface area contributed by atoms with Gasteiger partial charge in [-0.25, -0.2) is 0 Å². The van der Waals surface area contributed by atoms with Crippen molar-refractivity contribution >= 4 is 17.3 Å². The number of carbonyl (C=O) groups excluding carboxylic acids is 1. The van der Waals surface area contributed by atoms with Crippen LogP contribution < -0.4 is 5.32 Å². The molecule has 18 heavy (non-hydrogen) atoms. The van der Waals surface area contributed by atoms with E-state index < -0.39 is 11.0 Å². The third-order valence-corrected chi connectivity index (χ3v) is 2.47. The van der Waals surface area contributed by atoms with E-state index in [9.17, 15) is 14.9 Å². The van der Waals surface area contributed by atoms with Gasteiger partial charge in [-0.1, -0.05) is 0 Å². The zero-order chi connectivity index (χ0) is 13.7. The topological polar surface area (TPSA) is 92.5 Å². The summed E-state index contributed by atoms with van der Waals surface area (Å²) in [6.07, 6.45) is 0.0836. The fraction of sp³-hybridized carbons (Fsp3) is 0.417. The van der Waals surface area contributed by atoms with Crippen molar-refractivity contribution in [2.24, 2.45) is 0 Å². The van der Waals surface area contributed by atoms with Crippen LogP contribution in [0.1, 0.15) is 25.3 Å². The number of anilines is 1. The van der Waals surface area contributed by atoms with Crippen molar-refractivity contribution < 1.29 is 14.8 Å². The highest BCUT2D eigenvalue weighted by Gasteiger charge is 2.11. The molecule has 0 aliphatic heterocycles. The highest BCUT2D eigenvalue weighted by molar-refractivity contribution is 5.90. The van der Waals surface area contributed by atoms with Crippen LogP contribution in [0.2, 0.25) is 0 Å². The highest BCUT2D eigenvalue weighted by atomic mass is 16.6. The first kappa shape index (κ1) is 14.1. The molecule has 0 saturated carbocycles. The lowest BCUT2D eigenvalue weighted by Crippen LogP contribution is -2.14. The summed E-state index contributed by atoms with van der Waals surface area (Å²) in [6, 6.07) is 4.41. The molecule has 1 rings (SSSR count). The van der Waals surface area contributed by atoms with Gasteiger partial charge >= 0.3 is 0 Å². The Kier molecular flexibility index (Phi) is 4.79. The summed E-state index contributed by atoms with van der Waals surface area (Å²) in [6.45, 7) is 3.23. The number of carbonyl (C=O) groups is 1. The number of hydrogen-bond acceptors (Lipinski definition) is 4. The summed E-state index contributed by atoms with van der Waals surface area (Å²) in [5, 5.41) is 22.3. The molecule has 6 nitrogen and oxygen atoms in total. The summed E-state index contributed by atoms with van der Waals surface area (Å²) in [5.74, 6) is -0.218. The average Bonchev–Trinajstić information content (AvgIpc) is 2.26. The number of nitro benzene ring substituents is 1. The molecule has 1 aromatic rings. The molecule has 2 N–H and O–H groups in total. The minimum Gasteiger partial charge on any atom is -0.393 e. The first-order valence-corrected chi connectivity index (χ1v) is 5.63. The first-order valence-electron chi connectivity index (χ1n) is 5.63. The minimum atomic E-state index is -0.519. The van der Waals surface area contributed by atoms with E-state index in [1.807, 2.05) is 0 Å². The minimum absolute atomic E-state index is 0.0250. The van der Waals surface area contributed by atoms with Gasteiger partial charge in [-0.05, 0) is 32.4 Å². The third-order valence-electron chi connectivity index (χ3n) is 2.47. The van der Waals surface area contributed by atoms with Crippen molar-refractivity contribution in [3.63, 3.8) is 0 Å². The smallest absolute Gasteiger partial charge is 0.272 e. The van der Waals surface area contributed by atoms with Gasteiger partial charge in [0.25, 0.3) is 5.69 Å². The first-order chi connectivity index (χ1) is 8.40. The lowest BCUT2D eigenvalue weighted by Gasteiger charge is -2.07. The molecule has 98 valence electrons. The van der Waals surface area contributed by atoms with E-state index in [-0.39, 0.29) is 18.0 Å². The van der Waals surface area contributed by atoms with Gasteiger partial charge in [-0.3, -0.25) is 14.9 Å². The van der Waals surface area contributed by atoms with E-state index in [2.05, 4.69) is 5.32 Å². The zero-order valence-electron chi connectivity index (χ0n) is 10.3. The van der Waals surface area contributed by atoms with E-state index in [1.54, 1.807) is 19.9 Å². The normalized spacial score (nSPS) is 11.9. The van der Waals surface area contributed by atoms with Gasteiger partial charge < -0.3 is 10.4 Å². The molecule has 0 aliphatic rings. The lowest BCUT2D eigenvalue weighted by atomic mass is 10.1. The van der Waals surface area contributed by atoms with Crippen molar-refractivity contribution in [3.8, 4) is 0 Å². The standard InChI is InChI=1S/C12H16N2O4/c1-8-7-10(4-5-11(8)14(17)18)13-12(16)6-3-9(2)15/h4-5,7,9,15H,3,6H2,1-2H3,(H,13,16). The van der Waals surface area contributed by atoms with Crippen LogP contribution in [-0.2, 0) is 4.79 Å². The second kappa shape index (κ2) is 6.11. The molecule has 1 atom stereocenters. The maximum Gasteiger partial charge on any atom is 0.272 e. The van der Waals surface area contributed by atoms with Gasteiger partial charge in [0.2, 0.25) is 5.91 Å². The summed E-state index contributed by atoms with van der Waals surface area (Å²) >= 11 is 0. The van der Waals surface area contributed by atoms with Crippen LogP contribution in [0.5, 0.6) is 0 Å². The van der Waals surface area contributed by atoms with E-state index in [0.717, 1.165) is 0 Å². The van der Waals surface area contributed by atoms with Gasteiger partial charge in [-0.2, -0.15) is 0 Å². The molecule has 0 fully saturated rings. The van der Waals surface area contributed by atoms with Crippen LogP contribution in [0.3, 0.4) is 0 Å². The van der Waals surface area contributed by atoms with E-state index in [0.29, 0.717) is 17.7 Å². The summed E-state index contributed by atoms with van der Waals surface area (Å²) in [7, 11) is 0. The molecule has 0 heterocycles. The van der Waals surface area contributed by atoms with Crippen LogP contribution in [0, 0.1) is 17.0 Å². The van der Waals surface area contributed by atoms with Crippen LogP contribution in [0.4, 0.5) is 11.4 Å². The maximum absolute atomic E-state index is 11.5. The molecule has 0 bridgehead atoms. The number of aliphatic hydroxyl groups is 1. The second-order valence-electron chi connectivity index (χ2n) is 4.19. The number of nitrogens with zero attached hydrogens (tertiary/aromatic N) is 1. The summed E-state index contributed by atoms with van der Waals surface area (Å²) in [5.41, 5.74) is 1.04. The maximum atomic E-state index is 11.5. The Bertz CT molecular complexity index is 457. The van der Waals surface area contributed by atoms with E-state index in [4.69, 9.17) is 5.11 Å². The van der Waals surface area contributed by atoms with Crippen molar-refractivity contribution in [1.29, 1.82) is 0 Å². The van der Waals surface area contributed by atoms with Crippen LogP contribution in [0.25, 0.3) is 0 Å². The molecule has 0 aliphatic carbocycles. The fourth-order valence-electron chi connectivity index (χ4n) is 1.50. The molecule has 0 saturated heterocycles. The Balaban J connectivity index is 2.66. The molecular formula is C12H16N2O4. The average molecular weight is 252 g/mol. The summed E-state index contributed by atoms with van der Waals surface area (Å²) < 4.78 is 0. The van der Waals surface area contributed by atoms with Crippen molar-refractivity contribution in [2.75, 3.05) is 5.32 Å². The van der Waals surface area contributed by atoms with Crippen LogP contribution >= 0.6 is 0 Å². The largest absolute Gasteiger partial charge is 0.393 e. The number of nitro groups is 1. The Hall–Kier alpha value is -1.95. The zero-order valence-corrected chi connectivity index (χ0v) is 10.3. The van der Waals surface area contributed by atoms with Crippen LogP contribution in [0.15, 0.2) is 18.2 Å². The number of aryl methyl sites for hydroxylation is 1. The molecule has 1 amide bonds. The number of aliphatic hydroxyl groups excluding tert-OH is 1. The second-order valence-corrected chi connectivity index (χ2v) is 4.19. The van der Waals surface area contributed by atoms with Gasteiger partial charge in [0.05, 0.1) is 11.0 Å². The van der Waals surface area contributed by atoms with E-state index in [1.165, 1.54) is 12.1 Å². The predicted octanol–water partition coefficient (Wildman–Crippen LogP) is 2.00. The molecule has 1 unspecified atom stereocenters. The Morgan fingerprint density at radius 3 is 2.72 bits per heavy atom. The lowest BCUT2D eigenvalue weighted by molar-refractivity contribution is -0.385. The summed E-state index contributed by atoms with van der Waals surface area (Å²) in [4.78, 5) is 21.7. The van der Waals surface area contributed by atoms with Gasteiger partial charge in [0.15, 0.2) is 0 Å². The quantitative estimate of drug-likeness (QED) is 0.619. The van der Waals surface area contributed by atoms with E-state index >= 15 is 0 Å². The third kappa shape index (κ3) is 4.14. The SMILES string of the molecule is Cc1cc(NC(=O)CCC(C)O)ccc1[N+](=O)[O-]. The highest BCUT2D eigenvalue weighted by Crippen LogP contribution is 2.21. The fourth-order valence-corrected chi connectivity index (χ4v) is 1.50. The van der Waals surface area contributed by atoms with Crippen molar-refractivity contribution in [1.82, 2.24) is 0 Å². The van der Waals surface area contributed by atoms with Crippen molar-refractivity contribution in [2.45, 2.75) is 32.8 Å². The number of benzene rings is 1. The molecule has 6 heteroatoms. The molecule has 1 aromatic carbocycles. The van der Waals surface area contributed by atoms with Gasteiger partial charge in [-0.15, -0.1) is 0 Å². The van der Waals surface area contributed by atoms with Crippen LogP contribution in [-0.4, -0.2) is 22.0 Å². The predicted molar refractivity (Wildman–Crippen MR) is 67.4 cm³/mol. The number of amides is 1. The van der Waals surface area contributed by atoms with Crippen molar-refractivity contribution in [3.05, 3.63) is 33.9 Å².